The van der Waals surface area contributed by atoms with Crippen molar-refractivity contribution in [1.29, 1.82) is 0 Å². The largest absolute Gasteiger partial charge is 0.339 e. The standard InChI is InChI=1S/C33H33ClFN3O3S/c1-25-15-17-28(18-16-25)42(40,41)38(23-29-30(34)13-8-14-31(29)35)24-32(39)36-19-21-37(22-20-36)33(26-9-4-2-5-10-26)27-11-6-3-7-12-27/h2-18,33H,19-24H2,1H3. The molecule has 0 atom stereocenters. The molecule has 6 nitrogen and oxygen atoms in total. The molecule has 0 unspecified atom stereocenters. The van der Waals surface area contributed by atoms with Crippen LogP contribution >= 0.6 is 11.6 Å². The van der Waals surface area contributed by atoms with Gasteiger partial charge in [0.2, 0.25) is 15.9 Å². The predicted molar refractivity (Wildman–Crippen MR) is 163 cm³/mol. The number of amides is 1. The van der Waals surface area contributed by atoms with Crippen LogP contribution in [0.5, 0.6) is 0 Å². The van der Waals surface area contributed by atoms with E-state index in [4.69, 9.17) is 11.6 Å². The molecule has 0 bridgehead atoms. The molecule has 1 heterocycles. The topological polar surface area (TPSA) is 60.9 Å². The number of halogens is 2. The lowest BCUT2D eigenvalue weighted by Gasteiger charge is -2.40. The summed E-state index contributed by atoms with van der Waals surface area (Å²) in [7, 11) is -4.13. The molecule has 1 fully saturated rings. The quantitative estimate of drug-likeness (QED) is 0.238. The summed E-state index contributed by atoms with van der Waals surface area (Å²) in [6, 6.07) is 31.1. The molecular formula is C33H33ClFN3O3S. The minimum Gasteiger partial charge on any atom is -0.339 e. The average Bonchev–Trinajstić information content (AvgIpc) is 3.00. The summed E-state index contributed by atoms with van der Waals surface area (Å²) < 4.78 is 43.2. The molecule has 4 aromatic carbocycles. The fourth-order valence-corrected chi connectivity index (χ4v) is 6.89. The molecule has 1 saturated heterocycles. The minimum absolute atomic E-state index is 0.0287. The van der Waals surface area contributed by atoms with E-state index in [1.54, 1.807) is 17.0 Å². The first-order valence-electron chi connectivity index (χ1n) is 13.9. The molecule has 4 aromatic rings. The molecular weight excluding hydrogens is 573 g/mol. The van der Waals surface area contributed by atoms with E-state index in [-0.39, 0.29) is 34.0 Å². The van der Waals surface area contributed by atoms with Gasteiger partial charge in [-0.05, 0) is 42.3 Å². The molecule has 0 saturated carbocycles. The number of piperazine rings is 1. The van der Waals surface area contributed by atoms with Crippen LogP contribution in [-0.4, -0.2) is 61.2 Å². The number of sulfonamides is 1. The maximum Gasteiger partial charge on any atom is 0.243 e. The zero-order valence-electron chi connectivity index (χ0n) is 23.4. The Kier molecular flexibility index (Phi) is 9.38. The number of hydrogen-bond donors (Lipinski definition) is 0. The maximum atomic E-state index is 14.7. The Morgan fingerprint density at radius 2 is 1.40 bits per heavy atom. The fourth-order valence-electron chi connectivity index (χ4n) is 5.31. The molecule has 1 amide bonds. The van der Waals surface area contributed by atoms with E-state index in [1.807, 2.05) is 43.3 Å². The highest BCUT2D eigenvalue weighted by atomic mass is 35.5. The first-order valence-corrected chi connectivity index (χ1v) is 15.7. The summed E-state index contributed by atoms with van der Waals surface area (Å²) in [6.45, 7) is 3.17. The lowest BCUT2D eigenvalue weighted by molar-refractivity contribution is -0.133. The van der Waals surface area contributed by atoms with E-state index in [2.05, 4.69) is 29.2 Å². The highest BCUT2D eigenvalue weighted by Crippen LogP contribution is 2.30. The van der Waals surface area contributed by atoms with Crippen LogP contribution in [-0.2, 0) is 21.4 Å². The van der Waals surface area contributed by atoms with Crippen molar-refractivity contribution in [2.75, 3.05) is 32.7 Å². The maximum absolute atomic E-state index is 14.7. The number of nitrogens with zero attached hydrogens (tertiary/aromatic N) is 3. The van der Waals surface area contributed by atoms with Gasteiger partial charge < -0.3 is 4.90 Å². The molecule has 1 aliphatic rings. The van der Waals surface area contributed by atoms with Gasteiger partial charge in [0.05, 0.1) is 17.5 Å². The minimum atomic E-state index is -4.13. The second kappa shape index (κ2) is 13.2. The van der Waals surface area contributed by atoms with Gasteiger partial charge in [0.25, 0.3) is 0 Å². The SMILES string of the molecule is Cc1ccc(S(=O)(=O)N(CC(=O)N2CCN(C(c3ccccc3)c3ccccc3)CC2)Cc2c(F)cccc2Cl)cc1. The van der Waals surface area contributed by atoms with E-state index < -0.39 is 22.4 Å². The van der Waals surface area contributed by atoms with Crippen molar-refractivity contribution in [3.8, 4) is 0 Å². The van der Waals surface area contributed by atoms with E-state index in [0.717, 1.165) is 9.87 Å². The van der Waals surface area contributed by atoms with Crippen molar-refractivity contribution in [3.63, 3.8) is 0 Å². The second-order valence-electron chi connectivity index (χ2n) is 10.4. The highest BCUT2D eigenvalue weighted by Gasteiger charge is 2.33. The van der Waals surface area contributed by atoms with Gasteiger partial charge in [-0.3, -0.25) is 9.69 Å². The van der Waals surface area contributed by atoms with Crippen LogP contribution in [0.15, 0.2) is 108 Å². The predicted octanol–water partition coefficient (Wildman–Crippen LogP) is 5.91. The van der Waals surface area contributed by atoms with Gasteiger partial charge in [-0.1, -0.05) is 96.0 Å². The first-order chi connectivity index (χ1) is 20.2. The van der Waals surface area contributed by atoms with Gasteiger partial charge in [-0.15, -0.1) is 0 Å². The van der Waals surface area contributed by atoms with Gasteiger partial charge in [0, 0.05) is 43.3 Å². The average molecular weight is 606 g/mol. The third kappa shape index (κ3) is 6.73. The highest BCUT2D eigenvalue weighted by molar-refractivity contribution is 7.89. The first kappa shape index (κ1) is 29.9. The summed E-state index contributed by atoms with van der Waals surface area (Å²) in [5.74, 6) is -0.964. The molecule has 0 aliphatic carbocycles. The zero-order chi connectivity index (χ0) is 29.7. The van der Waals surface area contributed by atoms with Crippen LogP contribution in [0.3, 0.4) is 0 Å². The molecule has 218 valence electrons. The van der Waals surface area contributed by atoms with Crippen LogP contribution in [0.25, 0.3) is 0 Å². The van der Waals surface area contributed by atoms with Crippen LogP contribution in [0, 0.1) is 12.7 Å². The van der Waals surface area contributed by atoms with Crippen LogP contribution in [0.4, 0.5) is 4.39 Å². The third-order valence-electron chi connectivity index (χ3n) is 7.63. The molecule has 1 aliphatic heterocycles. The van der Waals surface area contributed by atoms with E-state index >= 15 is 0 Å². The van der Waals surface area contributed by atoms with Crippen LogP contribution in [0.2, 0.25) is 5.02 Å². The molecule has 5 rings (SSSR count). The van der Waals surface area contributed by atoms with Gasteiger partial charge in [-0.25, -0.2) is 12.8 Å². The second-order valence-corrected chi connectivity index (χ2v) is 12.8. The Bertz CT molecular complexity index is 1550. The van der Waals surface area contributed by atoms with E-state index in [0.29, 0.717) is 26.2 Å². The number of carbonyl (C=O) groups excluding carboxylic acids is 1. The lowest BCUT2D eigenvalue weighted by Crippen LogP contribution is -2.52. The van der Waals surface area contributed by atoms with Gasteiger partial charge >= 0.3 is 0 Å². The molecule has 0 spiro atoms. The van der Waals surface area contributed by atoms with Crippen LogP contribution < -0.4 is 0 Å². The fraction of sp³-hybridized carbons (Fsp3) is 0.242. The van der Waals surface area contributed by atoms with Crippen molar-refractivity contribution in [1.82, 2.24) is 14.1 Å². The lowest BCUT2D eigenvalue weighted by atomic mass is 9.96. The Morgan fingerprint density at radius 1 is 0.833 bits per heavy atom. The van der Waals surface area contributed by atoms with Crippen molar-refractivity contribution in [2.45, 2.75) is 24.4 Å². The number of rotatable bonds is 9. The Hall–Kier alpha value is -3.56. The molecule has 0 radical (unpaired) electrons. The molecule has 42 heavy (non-hydrogen) atoms. The summed E-state index contributed by atoms with van der Waals surface area (Å²) in [4.78, 5) is 17.7. The third-order valence-corrected chi connectivity index (χ3v) is 9.79. The number of carbonyl (C=O) groups is 1. The van der Waals surface area contributed by atoms with Crippen molar-refractivity contribution < 1.29 is 17.6 Å². The van der Waals surface area contributed by atoms with Crippen molar-refractivity contribution in [3.05, 3.63) is 136 Å². The smallest absolute Gasteiger partial charge is 0.243 e. The van der Waals surface area contributed by atoms with Gasteiger partial charge in [0.15, 0.2) is 0 Å². The Morgan fingerprint density at radius 3 is 1.95 bits per heavy atom. The Labute approximate surface area is 252 Å². The van der Waals surface area contributed by atoms with Gasteiger partial charge in [0.1, 0.15) is 5.82 Å². The molecule has 9 heteroatoms. The van der Waals surface area contributed by atoms with Crippen molar-refractivity contribution in [2.24, 2.45) is 0 Å². The Balaban J connectivity index is 1.35. The summed E-state index contributed by atoms with van der Waals surface area (Å²) in [5, 5.41) is 0.105. The van der Waals surface area contributed by atoms with E-state index in [9.17, 15) is 17.6 Å². The summed E-state index contributed by atoms with van der Waals surface area (Å²) in [5.41, 5.74) is 3.26. The van der Waals surface area contributed by atoms with Gasteiger partial charge in [-0.2, -0.15) is 4.31 Å². The van der Waals surface area contributed by atoms with Crippen LogP contribution in [0.1, 0.15) is 28.3 Å². The zero-order valence-corrected chi connectivity index (χ0v) is 24.9. The van der Waals surface area contributed by atoms with E-state index in [1.165, 1.54) is 41.5 Å². The summed E-state index contributed by atoms with van der Waals surface area (Å²) in [6.07, 6.45) is 0. The number of benzene rings is 4. The van der Waals surface area contributed by atoms with Crippen molar-refractivity contribution >= 4 is 27.5 Å². The number of aryl methyl sites for hydroxylation is 1. The number of hydrogen-bond acceptors (Lipinski definition) is 4. The normalized spacial score (nSPS) is 14.5. The molecule has 0 aromatic heterocycles. The molecule has 0 N–H and O–H groups in total. The summed E-state index contributed by atoms with van der Waals surface area (Å²) >= 11 is 6.26. The monoisotopic (exact) mass is 605 g/mol.